The number of aromatic nitrogens is 1. The highest BCUT2D eigenvalue weighted by Gasteiger charge is 2.30. The molecule has 0 atom stereocenters. The smallest absolute Gasteiger partial charge is 0.494 e. The molecule has 0 aliphatic rings. The number of aromatic hydroxyl groups is 1. The summed E-state index contributed by atoms with van der Waals surface area (Å²) in [5, 5.41) is 11.8. The summed E-state index contributed by atoms with van der Waals surface area (Å²) < 4.78 is 41.8. The standard InChI is InChI=1S/C16H12F3NO2/c17-16(18,19)22-13-7-5-11(6-8-13)9-20-10-12-3-1-2-4-14(12)15(20)21/h1-8,10,21H,9H2. The molecule has 3 nitrogen and oxygen atoms in total. The summed E-state index contributed by atoms with van der Waals surface area (Å²) in [4.78, 5) is 0. The maximum atomic E-state index is 12.1. The minimum Gasteiger partial charge on any atom is -0.494 e. The highest BCUT2D eigenvalue weighted by atomic mass is 19.4. The number of benzene rings is 2. The Morgan fingerprint density at radius 2 is 1.68 bits per heavy atom. The maximum absolute atomic E-state index is 12.1. The molecule has 0 saturated heterocycles. The average Bonchev–Trinajstić information content (AvgIpc) is 2.77. The Morgan fingerprint density at radius 1 is 1.00 bits per heavy atom. The van der Waals surface area contributed by atoms with Crippen LogP contribution < -0.4 is 4.74 Å². The van der Waals surface area contributed by atoms with Gasteiger partial charge in [0.15, 0.2) is 5.88 Å². The lowest BCUT2D eigenvalue weighted by molar-refractivity contribution is -0.274. The first kappa shape index (κ1) is 14.3. The molecule has 0 unspecified atom stereocenters. The number of halogens is 3. The zero-order valence-corrected chi connectivity index (χ0v) is 11.3. The molecule has 2 aromatic carbocycles. The van der Waals surface area contributed by atoms with Crippen molar-refractivity contribution >= 4 is 10.8 Å². The lowest BCUT2D eigenvalue weighted by Gasteiger charge is -2.10. The van der Waals surface area contributed by atoms with Gasteiger partial charge in [-0.15, -0.1) is 13.2 Å². The molecule has 0 fully saturated rings. The van der Waals surface area contributed by atoms with Gasteiger partial charge in [0.05, 0.1) is 6.54 Å². The van der Waals surface area contributed by atoms with Crippen molar-refractivity contribution < 1.29 is 23.0 Å². The summed E-state index contributed by atoms with van der Waals surface area (Å²) in [6, 6.07) is 13.0. The Morgan fingerprint density at radius 3 is 2.32 bits per heavy atom. The van der Waals surface area contributed by atoms with E-state index in [0.717, 1.165) is 16.3 Å². The molecule has 1 aromatic heterocycles. The van der Waals surface area contributed by atoms with Crippen molar-refractivity contribution in [3.05, 3.63) is 60.3 Å². The topological polar surface area (TPSA) is 34.4 Å². The highest BCUT2D eigenvalue weighted by Crippen LogP contribution is 2.28. The number of fused-ring (bicyclic) bond motifs is 1. The fourth-order valence-corrected chi connectivity index (χ4v) is 2.31. The van der Waals surface area contributed by atoms with Crippen molar-refractivity contribution in [1.29, 1.82) is 0 Å². The Labute approximate surface area is 124 Å². The zero-order valence-electron chi connectivity index (χ0n) is 11.3. The first-order valence-electron chi connectivity index (χ1n) is 6.54. The van der Waals surface area contributed by atoms with E-state index in [4.69, 9.17) is 0 Å². The molecule has 0 bridgehead atoms. The highest BCUT2D eigenvalue weighted by molar-refractivity contribution is 5.87. The third-order valence-electron chi connectivity index (χ3n) is 3.28. The molecule has 0 aliphatic carbocycles. The van der Waals surface area contributed by atoms with Crippen LogP contribution >= 0.6 is 0 Å². The minimum atomic E-state index is -4.70. The van der Waals surface area contributed by atoms with E-state index in [-0.39, 0.29) is 11.6 Å². The molecule has 0 radical (unpaired) electrons. The second-order valence-corrected chi connectivity index (χ2v) is 4.86. The van der Waals surface area contributed by atoms with Gasteiger partial charge in [-0.25, -0.2) is 0 Å². The number of nitrogens with zero attached hydrogens (tertiary/aromatic N) is 1. The van der Waals surface area contributed by atoms with Crippen LogP contribution in [0, 0.1) is 0 Å². The third kappa shape index (κ3) is 3.00. The number of ether oxygens (including phenoxy) is 1. The predicted molar refractivity (Wildman–Crippen MR) is 75.8 cm³/mol. The predicted octanol–water partition coefficient (Wildman–Crippen LogP) is 4.29. The van der Waals surface area contributed by atoms with Gasteiger partial charge in [-0.05, 0) is 23.8 Å². The van der Waals surface area contributed by atoms with Crippen LogP contribution in [0.2, 0.25) is 0 Å². The molecule has 0 spiro atoms. The van der Waals surface area contributed by atoms with Crippen LogP contribution in [0.25, 0.3) is 10.8 Å². The summed E-state index contributed by atoms with van der Waals surface area (Å²) in [6.45, 7) is 0.354. The summed E-state index contributed by atoms with van der Waals surface area (Å²) in [5.41, 5.74) is 0.755. The summed E-state index contributed by atoms with van der Waals surface area (Å²) in [6.07, 6.45) is -2.90. The molecular weight excluding hydrogens is 295 g/mol. The molecule has 6 heteroatoms. The number of alkyl halides is 3. The average molecular weight is 307 g/mol. The largest absolute Gasteiger partial charge is 0.573 e. The molecule has 0 amide bonds. The second-order valence-electron chi connectivity index (χ2n) is 4.86. The van der Waals surface area contributed by atoms with Gasteiger partial charge in [-0.3, -0.25) is 0 Å². The maximum Gasteiger partial charge on any atom is 0.573 e. The number of hydrogen-bond donors (Lipinski definition) is 1. The van der Waals surface area contributed by atoms with Crippen LogP contribution in [0.4, 0.5) is 13.2 Å². The molecule has 0 aliphatic heterocycles. The van der Waals surface area contributed by atoms with Gasteiger partial charge >= 0.3 is 6.36 Å². The summed E-state index contributed by atoms with van der Waals surface area (Å²) in [5.74, 6) is -0.135. The fourth-order valence-electron chi connectivity index (χ4n) is 2.31. The number of rotatable bonds is 3. The minimum absolute atomic E-state index is 0.131. The summed E-state index contributed by atoms with van der Waals surface area (Å²) in [7, 11) is 0. The van der Waals surface area contributed by atoms with Crippen LogP contribution in [-0.4, -0.2) is 16.0 Å². The molecule has 0 saturated carbocycles. The van der Waals surface area contributed by atoms with Crippen molar-refractivity contribution in [1.82, 2.24) is 4.57 Å². The lowest BCUT2D eigenvalue weighted by Crippen LogP contribution is -2.17. The van der Waals surface area contributed by atoms with Crippen LogP contribution in [0.1, 0.15) is 5.56 Å². The molecule has 3 rings (SSSR count). The monoisotopic (exact) mass is 307 g/mol. The molecule has 1 N–H and O–H groups in total. The van der Waals surface area contributed by atoms with Crippen LogP contribution in [0.3, 0.4) is 0 Å². The van der Waals surface area contributed by atoms with E-state index >= 15 is 0 Å². The zero-order chi connectivity index (χ0) is 15.7. The molecule has 3 aromatic rings. The quantitative estimate of drug-likeness (QED) is 0.783. The van der Waals surface area contributed by atoms with Gasteiger partial charge in [0.2, 0.25) is 0 Å². The normalized spacial score (nSPS) is 11.8. The van der Waals surface area contributed by atoms with E-state index in [1.807, 2.05) is 18.2 Å². The van der Waals surface area contributed by atoms with Gasteiger partial charge in [0, 0.05) is 17.0 Å². The van der Waals surface area contributed by atoms with Crippen LogP contribution in [0.15, 0.2) is 54.7 Å². The molecule has 114 valence electrons. The van der Waals surface area contributed by atoms with Gasteiger partial charge in [0.25, 0.3) is 0 Å². The van der Waals surface area contributed by atoms with Crippen molar-refractivity contribution in [3.8, 4) is 11.6 Å². The van der Waals surface area contributed by atoms with Crippen molar-refractivity contribution in [2.45, 2.75) is 12.9 Å². The first-order valence-corrected chi connectivity index (χ1v) is 6.54. The molecule has 1 heterocycles. The van der Waals surface area contributed by atoms with Crippen LogP contribution in [-0.2, 0) is 6.54 Å². The third-order valence-corrected chi connectivity index (χ3v) is 3.28. The summed E-state index contributed by atoms with van der Waals surface area (Å²) >= 11 is 0. The van der Waals surface area contributed by atoms with Gasteiger partial charge in [-0.1, -0.05) is 30.3 Å². The van der Waals surface area contributed by atoms with Crippen molar-refractivity contribution in [2.24, 2.45) is 0 Å². The Balaban J connectivity index is 1.81. The van der Waals surface area contributed by atoms with E-state index in [0.29, 0.717) is 6.54 Å². The lowest BCUT2D eigenvalue weighted by atomic mass is 10.2. The van der Waals surface area contributed by atoms with Crippen LogP contribution in [0.5, 0.6) is 11.6 Å². The van der Waals surface area contributed by atoms with E-state index in [1.165, 1.54) is 24.3 Å². The Kier molecular flexibility index (Phi) is 3.44. The van der Waals surface area contributed by atoms with Crippen molar-refractivity contribution in [2.75, 3.05) is 0 Å². The fraction of sp³-hybridized carbons (Fsp3) is 0.125. The Bertz CT molecular complexity index is 791. The van der Waals surface area contributed by atoms with E-state index in [2.05, 4.69) is 4.74 Å². The molecule has 22 heavy (non-hydrogen) atoms. The van der Waals surface area contributed by atoms with E-state index < -0.39 is 6.36 Å². The van der Waals surface area contributed by atoms with Crippen molar-refractivity contribution in [3.63, 3.8) is 0 Å². The van der Waals surface area contributed by atoms with Gasteiger partial charge in [-0.2, -0.15) is 0 Å². The van der Waals surface area contributed by atoms with E-state index in [1.54, 1.807) is 16.8 Å². The first-order chi connectivity index (χ1) is 10.4. The van der Waals surface area contributed by atoms with E-state index in [9.17, 15) is 18.3 Å². The SMILES string of the molecule is Oc1c2ccccc2cn1Cc1ccc(OC(F)(F)F)cc1. The second kappa shape index (κ2) is 5.29. The number of hydrogen-bond acceptors (Lipinski definition) is 2. The Hall–Kier alpha value is -2.63. The van der Waals surface area contributed by atoms with Gasteiger partial charge in [0.1, 0.15) is 5.75 Å². The van der Waals surface area contributed by atoms with Gasteiger partial charge < -0.3 is 14.4 Å². The molecular formula is C16H12F3NO2.